The first-order chi connectivity index (χ1) is 9.56. The topological polar surface area (TPSA) is 30.5 Å². The second-order valence-electron chi connectivity index (χ2n) is 5.31. The summed E-state index contributed by atoms with van der Waals surface area (Å²) in [7, 11) is 0. The molecule has 3 nitrogen and oxygen atoms in total. The van der Waals surface area contributed by atoms with Crippen molar-refractivity contribution in [3.05, 3.63) is 27.7 Å². The van der Waals surface area contributed by atoms with Crippen LogP contribution in [0.5, 0.6) is 5.75 Å². The van der Waals surface area contributed by atoms with Gasteiger partial charge in [0, 0.05) is 30.3 Å². The van der Waals surface area contributed by atoms with Crippen LogP contribution in [0.4, 0.5) is 0 Å². The number of halogens is 2. The first-order valence-corrected chi connectivity index (χ1v) is 7.78. The van der Waals surface area contributed by atoms with Crippen molar-refractivity contribution in [1.29, 1.82) is 0 Å². The Morgan fingerprint density at radius 2 is 2.20 bits per heavy atom. The highest BCUT2D eigenvalue weighted by molar-refractivity contribution is 6.35. The van der Waals surface area contributed by atoms with E-state index < -0.39 is 0 Å². The normalized spacial score (nSPS) is 18.8. The van der Waals surface area contributed by atoms with Crippen LogP contribution in [0.25, 0.3) is 0 Å². The second kappa shape index (κ2) is 7.51. The molecule has 1 atom stereocenters. The zero-order chi connectivity index (χ0) is 14.5. The predicted octanol–water partition coefficient (Wildman–Crippen LogP) is 4.05. The van der Waals surface area contributed by atoms with Crippen LogP contribution in [-0.4, -0.2) is 25.4 Å². The van der Waals surface area contributed by atoms with Gasteiger partial charge in [-0.25, -0.2) is 0 Å². The highest BCUT2D eigenvalue weighted by Gasteiger charge is 2.16. The third-order valence-electron chi connectivity index (χ3n) is 3.15. The zero-order valence-corrected chi connectivity index (χ0v) is 13.4. The minimum Gasteiger partial charge on any atom is -0.489 e. The number of ether oxygens (including phenoxy) is 2. The Balaban J connectivity index is 2.00. The zero-order valence-electron chi connectivity index (χ0n) is 11.9. The Kier molecular flexibility index (Phi) is 5.97. The van der Waals surface area contributed by atoms with Crippen LogP contribution >= 0.6 is 23.2 Å². The number of hydrogen-bond acceptors (Lipinski definition) is 3. The monoisotopic (exact) mass is 317 g/mol. The van der Waals surface area contributed by atoms with Gasteiger partial charge >= 0.3 is 0 Å². The highest BCUT2D eigenvalue weighted by atomic mass is 35.5. The maximum atomic E-state index is 6.22. The maximum Gasteiger partial charge on any atom is 0.142 e. The molecule has 1 saturated heterocycles. The number of rotatable bonds is 6. The molecule has 1 aromatic carbocycles. The van der Waals surface area contributed by atoms with Crippen molar-refractivity contribution < 1.29 is 9.47 Å². The SMILES string of the molecule is CC(C)Oc1c(Cl)cc(Cl)cc1CNC[C@H]1CCCO1. The number of benzene rings is 1. The summed E-state index contributed by atoms with van der Waals surface area (Å²) in [6.45, 7) is 6.34. The van der Waals surface area contributed by atoms with Crippen LogP contribution in [0, 0.1) is 0 Å². The van der Waals surface area contributed by atoms with Gasteiger partial charge in [-0.3, -0.25) is 0 Å². The molecule has 20 heavy (non-hydrogen) atoms. The lowest BCUT2D eigenvalue weighted by molar-refractivity contribution is 0.110. The molecule has 112 valence electrons. The van der Waals surface area contributed by atoms with E-state index in [9.17, 15) is 0 Å². The van der Waals surface area contributed by atoms with Gasteiger partial charge in [0.05, 0.1) is 17.2 Å². The first-order valence-electron chi connectivity index (χ1n) is 7.03. The molecule has 1 fully saturated rings. The quantitative estimate of drug-likeness (QED) is 0.858. The fourth-order valence-electron chi connectivity index (χ4n) is 2.29. The molecule has 0 spiro atoms. The predicted molar refractivity (Wildman–Crippen MR) is 82.9 cm³/mol. The van der Waals surface area contributed by atoms with Gasteiger partial charge in [-0.05, 0) is 38.8 Å². The molecule has 0 amide bonds. The first kappa shape index (κ1) is 15.9. The molecule has 5 heteroatoms. The maximum absolute atomic E-state index is 6.22. The third-order valence-corrected chi connectivity index (χ3v) is 3.65. The Morgan fingerprint density at radius 3 is 2.85 bits per heavy atom. The molecule has 1 aliphatic rings. The lowest BCUT2D eigenvalue weighted by Crippen LogP contribution is -2.26. The largest absolute Gasteiger partial charge is 0.489 e. The van der Waals surface area contributed by atoms with Gasteiger partial charge in [-0.2, -0.15) is 0 Å². The summed E-state index contributed by atoms with van der Waals surface area (Å²) in [6, 6.07) is 3.61. The van der Waals surface area contributed by atoms with E-state index in [0.29, 0.717) is 28.4 Å². The molecule has 1 heterocycles. The Hall–Kier alpha value is -0.480. The van der Waals surface area contributed by atoms with Crippen molar-refractivity contribution in [1.82, 2.24) is 5.32 Å². The molecule has 2 rings (SSSR count). The smallest absolute Gasteiger partial charge is 0.142 e. The molecule has 1 N–H and O–H groups in total. The second-order valence-corrected chi connectivity index (χ2v) is 6.15. The van der Waals surface area contributed by atoms with Gasteiger partial charge in [0.15, 0.2) is 0 Å². The minimum absolute atomic E-state index is 0.0746. The van der Waals surface area contributed by atoms with E-state index in [1.165, 1.54) is 0 Å². The standard InChI is InChI=1S/C15H21Cl2NO2/c1-10(2)20-15-11(6-12(16)7-14(15)17)8-18-9-13-4-3-5-19-13/h6-7,10,13,18H,3-5,8-9H2,1-2H3/t13-/m1/s1. The van der Waals surface area contributed by atoms with E-state index in [1.807, 2.05) is 19.9 Å². The van der Waals surface area contributed by atoms with E-state index >= 15 is 0 Å². The minimum atomic E-state index is 0.0746. The summed E-state index contributed by atoms with van der Waals surface area (Å²) in [5.41, 5.74) is 0.981. The lowest BCUT2D eigenvalue weighted by Gasteiger charge is -2.17. The van der Waals surface area contributed by atoms with Gasteiger partial charge in [-0.15, -0.1) is 0 Å². The molecule has 0 aromatic heterocycles. The molecule has 1 aliphatic heterocycles. The fourth-order valence-corrected chi connectivity index (χ4v) is 2.87. The van der Waals surface area contributed by atoms with Crippen LogP contribution in [-0.2, 0) is 11.3 Å². The van der Waals surface area contributed by atoms with Crippen molar-refractivity contribution in [3.63, 3.8) is 0 Å². The molecule has 0 aliphatic carbocycles. The van der Waals surface area contributed by atoms with Crippen molar-refractivity contribution >= 4 is 23.2 Å². The Morgan fingerprint density at radius 1 is 1.40 bits per heavy atom. The lowest BCUT2D eigenvalue weighted by atomic mass is 10.2. The van der Waals surface area contributed by atoms with Gasteiger partial charge in [0.25, 0.3) is 0 Å². The van der Waals surface area contributed by atoms with Crippen LogP contribution in [0.15, 0.2) is 12.1 Å². The van der Waals surface area contributed by atoms with Crippen molar-refractivity contribution in [2.24, 2.45) is 0 Å². The average Bonchev–Trinajstić information content (AvgIpc) is 2.86. The van der Waals surface area contributed by atoms with E-state index in [4.69, 9.17) is 32.7 Å². The molecule has 0 bridgehead atoms. The molecular formula is C15H21Cl2NO2. The molecule has 0 saturated carbocycles. The van der Waals surface area contributed by atoms with Crippen molar-refractivity contribution in [3.8, 4) is 5.75 Å². The Bertz CT molecular complexity index is 446. The molecule has 1 aromatic rings. The summed E-state index contributed by atoms with van der Waals surface area (Å²) in [6.07, 6.45) is 2.67. The Labute approximate surface area is 130 Å². The fraction of sp³-hybridized carbons (Fsp3) is 0.600. The molecular weight excluding hydrogens is 297 g/mol. The van der Waals surface area contributed by atoms with E-state index in [2.05, 4.69) is 5.32 Å². The van der Waals surface area contributed by atoms with Crippen LogP contribution < -0.4 is 10.1 Å². The summed E-state index contributed by atoms with van der Waals surface area (Å²) in [5, 5.41) is 4.57. The molecule has 0 unspecified atom stereocenters. The summed E-state index contributed by atoms with van der Waals surface area (Å²) in [4.78, 5) is 0. The van der Waals surface area contributed by atoms with Crippen LogP contribution in [0.2, 0.25) is 10.0 Å². The van der Waals surface area contributed by atoms with E-state index in [-0.39, 0.29) is 6.10 Å². The summed E-state index contributed by atoms with van der Waals surface area (Å²) in [5.74, 6) is 0.714. The third kappa shape index (κ3) is 4.52. The van der Waals surface area contributed by atoms with Gasteiger partial charge in [0.2, 0.25) is 0 Å². The van der Waals surface area contributed by atoms with Crippen molar-refractivity contribution in [2.75, 3.05) is 13.2 Å². The number of nitrogens with one attached hydrogen (secondary N) is 1. The van der Waals surface area contributed by atoms with Gasteiger partial charge < -0.3 is 14.8 Å². The highest BCUT2D eigenvalue weighted by Crippen LogP contribution is 2.33. The van der Waals surface area contributed by atoms with Gasteiger partial charge in [-0.1, -0.05) is 23.2 Å². The summed E-state index contributed by atoms with van der Waals surface area (Å²) < 4.78 is 11.4. The van der Waals surface area contributed by atoms with Crippen molar-refractivity contribution in [2.45, 2.75) is 45.4 Å². The van der Waals surface area contributed by atoms with Crippen LogP contribution in [0.1, 0.15) is 32.3 Å². The van der Waals surface area contributed by atoms with Crippen LogP contribution in [0.3, 0.4) is 0 Å². The van der Waals surface area contributed by atoms with Gasteiger partial charge in [0.1, 0.15) is 5.75 Å². The van der Waals surface area contributed by atoms with E-state index in [1.54, 1.807) is 6.07 Å². The average molecular weight is 318 g/mol. The summed E-state index contributed by atoms with van der Waals surface area (Å²) >= 11 is 12.3. The van der Waals surface area contributed by atoms with E-state index in [0.717, 1.165) is 31.6 Å². The molecule has 0 radical (unpaired) electrons. The number of hydrogen-bond donors (Lipinski definition) is 1.